The first-order valence-electron chi connectivity index (χ1n) is 8.12. The molecule has 2 aromatic carbocycles. The Labute approximate surface area is 149 Å². The molecule has 24 heavy (non-hydrogen) atoms. The third-order valence-electron chi connectivity index (χ3n) is 4.84. The number of carboxylic acid groups (broad SMARTS) is 1. The second-order valence-corrected chi connectivity index (χ2v) is 7.21. The second kappa shape index (κ2) is 6.22. The van der Waals surface area contributed by atoms with E-state index in [1.54, 1.807) is 0 Å². The Kier molecular flexibility index (Phi) is 4.06. The van der Waals surface area contributed by atoms with Crippen molar-refractivity contribution in [3.05, 3.63) is 63.1 Å². The summed E-state index contributed by atoms with van der Waals surface area (Å²) >= 11 is 3.63. The molecule has 1 unspecified atom stereocenters. The van der Waals surface area contributed by atoms with Crippen molar-refractivity contribution in [2.45, 2.75) is 38.0 Å². The van der Waals surface area contributed by atoms with Crippen LogP contribution in [0, 0.1) is 0 Å². The van der Waals surface area contributed by atoms with Gasteiger partial charge in [0.2, 0.25) is 0 Å². The summed E-state index contributed by atoms with van der Waals surface area (Å²) in [4.78, 5) is 10.9. The molecular weight excluding hydrogens is 370 g/mol. The molecule has 2 atom stereocenters. The highest BCUT2D eigenvalue weighted by Crippen LogP contribution is 2.39. The van der Waals surface area contributed by atoms with Crippen molar-refractivity contribution in [3.63, 3.8) is 0 Å². The van der Waals surface area contributed by atoms with Crippen LogP contribution in [0.3, 0.4) is 0 Å². The van der Waals surface area contributed by atoms with Gasteiger partial charge in [-0.15, -0.1) is 0 Å². The molecule has 0 radical (unpaired) electrons. The number of ether oxygens (including phenoxy) is 1. The Morgan fingerprint density at radius 3 is 3.00 bits per heavy atom. The Morgan fingerprint density at radius 1 is 1.29 bits per heavy atom. The van der Waals surface area contributed by atoms with Crippen LogP contribution in [0.2, 0.25) is 0 Å². The average molecular weight is 388 g/mol. The topological polar surface area (TPSA) is 58.6 Å². The van der Waals surface area contributed by atoms with Gasteiger partial charge < -0.3 is 15.2 Å². The van der Waals surface area contributed by atoms with Crippen molar-refractivity contribution in [1.29, 1.82) is 0 Å². The lowest BCUT2D eigenvalue weighted by Gasteiger charge is -2.17. The molecule has 0 spiro atoms. The van der Waals surface area contributed by atoms with Crippen molar-refractivity contribution in [2.75, 3.05) is 5.32 Å². The molecule has 5 heteroatoms. The van der Waals surface area contributed by atoms with Gasteiger partial charge in [0, 0.05) is 10.2 Å². The van der Waals surface area contributed by atoms with E-state index in [0.717, 1.165) is 29.7 Å². The van der Waals surface area contributed by atoms with E-state index >= 15 is 0 Å². The van der Waals surface area contributed by atoms with E-state index in [1.165, 1.54) is 15.6 Å². The summed E-state index contributed by atoms with van der Waals surface area (Å²) in [6.07, 6.45) is 1.84. The minimum absolute atomic E-state index is 0.0177. The summed E-state index contributed by atoms with van der Waals surface area (Å²) in [6, 6.07) is 12.8. The third-order valence-corrected chi connectivity index (χ3v) is 5.59. The highest BCUT2D eigenvalue weighted by Gasteiger charge is 2.27. The van der Waals surface area contributed by atoms with Crippen LogP contribution in [0.15, 0.2) is 40.9 Å². The molecule has 0 aromatic heterocycles. The number of hydrogen-bond donors (Lipinski definition) is 2. The average Bonchev–Trinajstić information content (AvgIpc) is 3.13. The molecule has 1 aliphatic carbocycles. The number of halogens is 1. The van der Waals surface area contributed by atoms with E-state index in [9.17, 15) is 4.79 Å². The van der Waals surface area contributed by atoms with Crippen molar-refractivity contribution in [3.8, 4) is 0 Å². The summed E-state index contributed by atoms with van der Waals surface area (Å²) in [7, 11) is 0. The van der Waals surface area contributed by atoms with Crippen molar-refractivity contribution < 1.29 is 14.6 Å². The lowest BCUT2D eigenvalue weighted by Crippen LogP contribution is -2.08. The fraction of sp³-hybridized carbons (Fsp3) is 0.316. The molecule has 0 amide bonds. The minimum atomic E-state index is -0.830. The zero-order valence-corrected chi connectivity index (χ0v) is 14.7. The second-order valence-electron chi connectivity index (χ2n) is 6.35. The molecule has 2 aliphatic rings. The van der Waals surface area contributed by atoms with Gasteiger partial charge in [0.15, 0.2) is 0 Å². The smallest absolute Gasteiger partial charge is 0.306 e. The number of anilines is 1. The van der Waals surface area contributed by atoms with Crippen LogP contribution in [-0.2, 0) is 22.6 Å². The molecule has 0 fully saturated rings. The molecule has 1 aliphatic heterocycles. The zero-order valence-electron chi connectivity index (χ0n) is 13.1. The van der Waals surface area contributed by atoms with Gasteiger partial charge in [0.05, 0.1) is 25.2 Å². The molecule has 0 saturated carbocycles. The Hall–Kier alpha value is -1.85. The maximum absolute atomic E-state index is 10.9. The fourth-order valence-electron chi connectivity index (χ4n) is 3.70. The molecular formula is C19H18BrNO3. The fourth-order valence-corrected chi connectivity index (χ4v) is 4.28. The summed E-state index contributed by atoms with van der Waals surface area (Å²) in [6.45, 7) is 0.482. The maximum atomic E-state index is 10.9. The molecule has 124 valence electrons. The molecule has 0 bridgehead atoms. The normalized spacial score (nSPS) is 21.4. The van der Waals surface area contributed by atoms with E-state index in [-0.39, 0.29) is 12.5 Å². The SMILES string of the molecule is O=C(O)C[C@@H]1OCc2cc(NC3CCc4c(Br)cccc43)ccc21. The van der Waals surface area contributed by atoms with Gasteiger partial charge in [-0.2, -0.15) is 0 Å². The number of carbonyl (C=O) groups is 1. The number of benzene rings is 2. The van der Waals surface area contributed by atoms with Gasteiger partial charge in [-0.05, 0) is 53.3 Å². The third kappa shape index (κ3) is 2.82. The van der Waals surface area contributed by atoms with Crippen LogP contribution in [0.4, 0.5) is 5.69 Å². The summed E-state index contributed by atoms with van der Waals surface area (Å²) < 4.78 is 6.80. The van der Waals surface area contributed by atoms with Crippen LogP contribution in [0.5, 0.6) is 0 Å². The van der Waals surface area contributed by atoms with E-state index in [2.05, 4.69) is 45.5 Å². The number of hydrogen-bond acceptors (Lipinski definition) is 3. The Morgan fingerprint density at radius 2 is 2.17 bits per heavy atom. The molecule has 4 rings (SSSR count). The minimum Gasteiger partial charge on any atom is -0.481 e. The van der Waals surface area contributed by atoms with Crippen LogP contribution < -0.4 is 5.32 Å². The van der Waals surface area contributed by atoms with Crippen molar-refractivity contribution in [1.82, 2.24) is 0 Å². The van der Waals surface area contributed by atoms with Gasteiger partial charge in [0.1, 0.15) is 0 Å². The van der Waals surface area contributed by atoms with Crippen molar-refractivity contribution >= 4 is 27.6 Å². The summed E-state index contributed by atoms with van der Waals surface area (Å²) in [5.41, 5.74) is 5.88. The van der Waals surface area contributed by atoms with Gasteiger partial charge in [0.25, 0.3) is 0 Å². The first-order chi connectivity index (χ1) is 11.6. The predicted molar refractivity (Wildman–Crippen MR) is 95.1 cm³/mol. The van der Waals surface area contributed by atoms with Gasteiger partial charge in [-0.25, -0.2) is 0 Å². The monoisotopic (exact) mass is 387 g/mol. The van der Waals surface area contributed by atoms with Gasteiger partial charge in [-0.1, -0.05) is 34.1 Å². The molecule has 0 saturated heterocycles. The Balaban J connectivity index is 1.54. The number of carboxylic acids is 1. The number of rotatable bonds is 4. The van der Waals surface area contributed by atoms with Gasteiger partial charge >= 0.3 is 5.97 Å². The van der Waals surface area contributed by atoms with Crippen molar-refractivity contribution in [2.24, 2.45) is 0 Å². The molecule has 2 N–H and O–H groups in total. The molecule has 2 aromatic rings. The Bertz CT molecular complexity index is 805. The summed E-state index contributed by atoms with van der Waals surface area (Å²) in [5, 5.41) is 12.6. The molecule has 1 heterocycles. The highest BCUT2D eigenvalue weighted by atomic mass is 79.9. The van der Waals surface area contributed by atoms with Crippen LogP contribution >= 0.6 is 15.9 Å². The largest absolute Gasteiger partial charge is 0.481 e. The number of nitrogens with one attached hydrogen (secondary N) is 1. The van der Waals surface area contributed by atoms with Gasteiger partial charge in [-0.3, -0.25) is 4.79 Å². The van der Waals surface area contributed by atoms with E-state index in [4.69, 9.17) is 9.84 Å². The number of aliphatic carboxylic acids is 1. The quantitative estimate of drug-likeness (QED) is 0.804. The van der Waals surface area contributed by atoms with E-state index in [1.807, 2.05) is 12.1 Å². The van der Waals surface area contributed by atoms with Crippen LogP contribution in [0.25, 0.3) is 0 Å². The lowest BCUT2D eigenvalue weighted by molar-refractivity contribution is -0.140. The highest BCUT2D eigenvalue weighted by molar-refractivity contribution is 9.10. The maximum Gasteiger partial charge on any atom is 0.306 e. The van der Waals surface area contributed by atoms with E-state index in [0.29, 0.717) is 12.6 Å². The van der Waals surface area contributed by atoms with Crippen LogP contribution in [-0.4, -0.2) is 11.1 Å². The lowest BCUT2D eigenvalue weighted by atomic mass is 10.0. The van der Waals surface area contributed by atoms with E-state index < -0.39 is 5.97 Å². The first-order valence-corrected chi connectivity index (χ1v) is 8.91. The number of fused-ring (bicyclic) bond motifs is 2. The predicted octanol–water partition coefficient (Wildman–Crippen LogP) is 4.59. The standard InChI is InChI=1S/C19H18BrNO3/c20-16-3-1-2-15-14(16)6-7-17(15)21-12-4-5-13-11(8-12)10-24-18(13)9-19(22)23/h1-5,8,17-18,21H,6-7,9-10H2,(H,22,23)/t17?,18-/m0/s1. The first kappa shape index (κ1) is 15.7. The summed E-state index contributed by atoms with van der Waals surface area (Å²) in [5.74, 6) is -0.830. The van der Waals surface area contributed by atoms with Crippen LogP contribution in [0.1, 0.15) is 47.2 Å². The molecule has 4 nitrogen and oxygen atoms in total. The zero-order chi connectivity index (χ0) is 16.7.